The van der Waals surface area contributed by atoms with Crippen LogP contribution in [0.25, 0.3) is 6.08 Å². The zero-order valence-corrected chi connectivity index (χ0v) is 42.1. The van der Waals surface area contributed by atoms with Crippen molar-refractivity contribution in [2.75, 3.05) is 19.8 Å². The number of aliphatic hydroxyl groups is 5. The molecule has 398 valence electrons. The zero-order chi connectivity index (χ0) is 51.8. The fourth-order valence-electron chi connectivity index (χ4n) is 10.6. The molecule has 72 heavy (non-hydrogen) atoms. The first-order chi connectivity index (χ1) is 34.5. The van der Waals surface area contributed by atoms with Crippen LogP contribution in [0.15, 0.2) is 54.6 Å². The average molecular weight is 1010 g/mol. The quantitative estimate of drug-likeness (QED) is 0.0587. The summed E-state index contributed by atoms with van der Waals surface area (Å²) in [7, 11) is 0. The van der Waals surface area contributed by atoms with Crippen LogP contribution < -0.4 is 10.6 Å². The highest BCUT2D eigenvalue weighted by atomic mass is 16.8. The molecule has 0 spiro atoms. The number of rotatable bonds is 24. The Balaban J connectivity index is 1.12. The lowest BCUT2D eigenvalue weighted by atomic mass is 9.62. The van der Waals surface area contributed by atoms with Crippen molar-refractivity contribution in [3.05, 3.63) is 76.9 Å². The molecule has 19 nitrogen and oxygen atoms in total. The number of carbonyl (C=O) groups excluding carboxylic acids is 4. The molecule has 4 saturated heterocycles. The van der Waals surface area contributed by atoms with Crippen LogP contribution in [-0.4, -0.2) is 153 Å². The molecule has 0 aromatic heterocycles. The Morgan fingerprint density at radius 3 is 2.35 bits per heavy atom. The number of aliphatic hydroxyl groups excluding tert-OH is 5. The van der Waals surface area contributed by atoms with Gasteiger partial charge in [0, 0.05) is 37.8 Å². The van der Waals surface area contributed by atoms with Gasteiger partial charge in [-0.25, -0.2) is 0 Å². The van der Waals surface area contributed by atoms with Crippen molar-refractivity contribution in [2.24, 2.45) is 5.41 Å². The molecule has 19 heteroatoms. The standard InChI is InChI=1S/C53H75N3O16/c1-6-8-12-23-52(24-13-9-7-2)70-43-37-27-53(50(65)54-28-32-16-14-19-34(26-32)47(63)55-36(30-57)21-22-39(59)69-51(3,4)5)45(48(64)67-37)56(72-46(53)44(43)71-52)29-35-18-11-10-17-33(35)20-15-25-66-49-42(62)41(61)40(60)38(31-58)68-49/h10-11,14-20,26,36-38,40-46,49,57-58,60-62H,6-9,12-13,21-25,27-31H2,1-5H3,(H,54,65)(H,55,63). The van der Waals surface area contributed by atoms with E-state index in [1.807, 2.05) is 24.3 Å². The Bertz CT molecular complexity index is 2190. The maximum atomic E-state index is 15.2. The van der Waals surface area contributed by atoms with E-state index in [-0.39, 0.29) is 44.5 Å². The van der Waals surface area contributed by atoms with Gasteiger partial charge in [-0.1, -0.05) is 88.1 Å². The third-order valence-corrected chi connectivity index (χ3v) is 14.2. The molecule has 2 aromatic rings. The smallest absolute Gasteiger partial charge is 0.327 e. The van der Waals surface area contributed by atoms with Gasteiger partial charge < -0.3 is 64.6 Å². The minimum Gasteiger partial charge on any atom is -0.460 e. The van der Waals surface area contributed by atoms with Gasteiger partial charge in [0.15, 0.2) is 18.1 Å². The van der Waals surface area contributed by atoms with Gasteiger partial charge in [0.25, 0.3) is 5.91 Å². The molecule has 5 fully saturated rings. The molecular weight excluding hydrogens is 935 g/mol. The summed E-state index contributed by atoms with van der Waals surface area (Å²) >= 11 is 0. The second-order valence-electron chi connectivity index (χ2n) is 20.7. The predicted octanol–water partition coefficient (Wildman–Crippen LogP) is 3.49. The van der Waals surface area contributed by atoms with Crippen LogP contribution in [0.4, 0.5) is 0 Å². The van der Waals surface area contributed by atoms with Crippen molar-refractivity contribution in [1.29, 1.82) is 0 Å². The molecule has 4 aliphatic heterocycles. The lowest BCUT2D eigenvalue weighted by Crippen LogP contribution is -2.69. The summed E-state index contributed by atoms with van der Waals surface area (Å²) in [5, 5.41) is 57.8. The summed E-state index contributed by atoms with van der Waals surface area (Å²) in [6, 6.07) is 12.2. The Kier molecular flexibility index (Phi) is 18.7. The monoisotopic (exact) mass is 1010 g/mol. The number of carbonyl (C=O) groups is 4. The summed E-state index contributed by atoms with van der Waals surface area (Å²) < 4.78 is 36.8. The van der Waals surface area contributed by atoms with E-state index < -0.39 is 121 Å². The Morgan fingerprint density at radius 2 is 1.65 bits per heavy atom. The van der Waals surface area contributed by atoms with Crippen molar-refractivity contribution >= 4 is 29.8 Å². The third kappa shape index (κ3) is 12.6. The van der Waals surface area contributed by atoms with E-state index in [1.54, 1.807) is 57.2 Å². The van der Waals surface area contributed by atoms with E-state index in [2.05, 4.69) is 24.5 Å². The van der Waals surface area contributed by atoms with Crippen molar-refractivity contribution < 1.29 is 78.0 Å². The molecule has 0 radical (unpaired) electrons. The number of benzene rings is 2. The highest BCUT2D eigenvalue weighted by Gasteiger charge is 2.76. The van der Waals surface area contributed by atoms with Gasteiger partial charge in [0.1, 0.15) is 59.8 Å². The molecule has 7 N–H and O–H groups in total. The molecule has 4 heterocycles. The first-order valence-electron chi connectivity index (χ1n) is 25.6. The summed E-state index contributed by atoms with van der Waals surface area (Å²) in [4.78, 5) is 62.4. The molecule has 12 atom stereocenters. The number of hydrogen-bond donors (Lipinski definition) is 7. The maximum Gasteiger partial charge on any atom is 0.327 e. The first-order valence-corrected chi connectivity index (χ1v) is 25.6. The Morgan fingerprint density at radius 1 is 0.931 bits per heavy atom. The molecule has 7 rings (SSSR count). The minimum absolute atomic E-state index is 0.00172. The maximum absolute atomic E-state index is 15.2. The molecule has 5 aliphatic rings. The van der Waals surface area contributed by atoms with E-state index in [1.165, 1.54) is 5.06 Å². The summed E-state index contributed by atoms with van der Waals surface area (Å²) in [6.07, 6.45) is 0.325. The lowest BCUT2D eigenvalue weighted by molar-refractivity contribution is -0.298. The van der Waals surface area contributed by atoms with Crippen molar-refractivity contribution in [3.8, 4) is 0 Å². The lowest BCUT2D eigenvalue weighted by Gasteiger charge is -2.48. The van der Waals surface area contributed by atoms with Gasteiger partial charge in [0.2, 0.25) is 5.91 Å². The van der Waals surface area contributed by atoms with Gasteiger partial charge >= 0.3 is 11.9 Å². The van der Waals surface area contributed by atoms with E-state index in [0.29, 0.717) is 18.4 Å². The van der Waals surface area contributed by atoms with Crippen LogP contribution in [0, 0.1) is 5.41 Å². The van der Waals surface area contributed by atoms with Crippen LogP contribution in [0.3, 0.4) is 0 Å². The van der Waals surface area contributed by atoms with E-state index >= 15 is 4.79 Å². The molecule has 12 unspecified atom stereocenters. The number of ether oxygens (including phenoxy) is 6. The Labute approximate surface area is 421 Å². The second-order valence-corrected chi connectivity index (χ2v) is 20.7. The van der Waals surface area contributed by atoms with E-state index in [4.69, 9.17) is 33.3 Å². The SMILES string of the molecule is CCCCCC1(CCCCC)OC2C3CC4(C(=O)NCc5cccc(C(=O)NC(CO)CCC(=O)OC(C)(C)C)c5)C(ON(Cc5ccccc5C=CCOC5OC(CO)C(O)C(O)C5O)C4C(=O)O3)C2O1. The Hall–Kier alpha value is -4.38. The number of nitrogens with one attached hydrogen (secondary N) is 2. The fraction of sp³-hybridized carbons (Fsp3) is 0.660. The molecular formula is C53H75N3O16. The molecule has 1 saturated carbocycles. The van der Waals surface area contributed by atoms with Crippen LogP contribution in [0.2, 0.25) is 0 Å². The summed E-state index contributed by atoms with van der Waals surface area (Å²) in [6.45, 7) is 8.53. The second kappa shape index (κ2) is 24.3. The fourth-order valence-corrected chi connectivity index (χ4v) is 10.6. The van der Waals surface area contributed by atoms with Crippen molar-refractivity contribution in [3.63, 3.8) is 0 Å². The molecule has 2 aromatic carbocycles. The number of amides is 2. The van der Waals surface area contributed by atoms with Crippen LogP contribution in [0.5, 0.6) is 0 Å². The molecule has 2 bridgehead atoms. The average Bonchev–Trinajstić information content (AvgIpc) is 3.91. The van der Waals surface area contributed by atoms with Crippen LogP contribution >= 0.6 is 0 Å². The van der Waals surface area contributed by atoms with Crippen LogP contribution in [-0.2, 0) is 60.7 Å². The van der Waals surface area contributed by atoms with E-state index in [9.17, 15) is 39.9 Å². The van der Waals surface area contributed by atoms with Gasteiger partial charge in [-0.2, -0.15) is 5.06 Å². The number of nitrogens with zero attached hydrogens (tertiary/aromatic N) is 1. The topological polar surface area (TPSA) is 261 Å². The number of unbranched alkanes of at least 4 members (excludes halogenated alkanes) is 4. The number of hydroxylamine groups is 2. The first kappa shape index (κ1) is 55.4. The number of hydrogen-bond acceptors (Lipinski definition) is 17. The van der Waals surface area contributed by atoms with Crippen LogP contribution in [0.1, 0.15) is 132 Å². The van der Waals surface area contributed by atoms with Gasteiger partial charge in [-0.3, -0.25) is 24.0 Å². The highest BCUT2D eigenvalue weighted by Crippen LogP contribution is 2.58. The highest BCUT2D eigenvalue weighted by molar-refractivity contribution is 5.95. The third-order valence-electron chi connectivity index (χ3n) is 14.2. The number of esters is 2. The predicted molar refractivity (Wildman–Crippen MR) is 259 cm³/mol. The molecule has 2 amide bonds. The van der Waals surface area contributed by atoms with Gasteiger partial charge in [-0.15, -0.1) is 0 Å². The van der Waals surface area contributed by atoms with Gasteiger partial charge in [0.05, 0.1) is 32.4 Å². The normalized spacial score (nSPS) is 30.2. The molecule has 1 aliphatic carbocycles. The van der Waals surface area contributed by atoms with Crippen molar-refractivity contribution in [1.82, 2.24) is 15.7 Å². The summed E-state index contributed by atoms with van der Waals surface area (Å²) in [5.74, 6) is -2.96. The minimum atomic E-state index is -1.59. The van der Waals surface area contributed by atoms with Crippen molar-refractivity contribution in [2.45, 2.75) is 197 Å². The number of fused-ring (bicyclic) bond motifs is 4. The zero-order valence-electron chi connectivity index (χ0n) is 42.1. The van der Waals surface area contributed by atoms with E-state index in [0.717, 1.165) is 49.7 Å². The largest absolute Gasteiger partial charge is 0.460 e. The van der Waals surface area contributed by atoms with Gasteiger partial charge in [-0.05, 0) is 68.9 Å². The summed E-state index contributed by atoms with van der Waals surface area (Å²) in [5.41, 5.74) is 0.157.